The number of nitrogens with zero attached hydrogens (tertiary/aromatic N) is 1. The van der Waals surface area contributed by atoms with Crippen LogP contribution in [0.25, 0.3) is 10.4 Å². The number of carbonyl (C=O) groups is 1. The first-order valence-corrected chi connectivity index (χ1v) is 10.6. The summed E-state index contributed by atoms with van der Waals surface area (Å²) in [5.74, 6) is 6.69. The van der Waals surface area contributed by atoms with Crippen molar-refractivity contribution in [3.63, 3.8) is 0 Å². The van der Waals surface area contributed by atoms with E-state index in [1.54, 1.807) is 30.3 Å². The van der Waals surface area contributed by atoms with E-state index < -0.39 is 0 Å². The lowest BCUT2D eigenvalue weighted by Crippen LogP contribution is -2.32. The van der Waals surface area contributed by atoms with E-state index in [9.17, 15) is 4.79 Å². The number of hydrogen-bond donors (Lipinski definition) is 1. The van der Waals surface area contributed by atoms with Crippen LogP contribution >= 0.6 is 11.3 Å². The third-order valence-electron chi connectivity index (χ3n) is 4.20. The Morgan fingerprint density at radius 2 is 2.00 bits per heavy atom. The lowest BCUT2D eigenvalue weighted by molar-refractivity contribution is -0.127. The van der Waals surface area contributed by atoms with Gasteiger partial charge >= 0.3 is 0 Å². The lowest BCUT2D eigenvalue weighted by atomic mass is 10.1. The van der Waals surface area contributed by atoms with E-state index in [-0.39, 0.29) is 5.91 Å². The van der Waals surface area contributed by atoms with Crippen molar-refractivity contribution in [3.05, 3.63) is 58.7 Å². The number of carbonyl (C=O) groups excluding carboxylic acids is 1. The lowest BCUT2D eigenvalue weighted by Gasteiger charge is -2.19. The van der Waals surface area contributed by atoms with Gasteiger partial charge < -0.3 is 10.2 Å². The van der Waals surface area contributed by atoms with E-state index in [0.717, 1.165) is 29.5 Å². The Morgan fingerprint density at radius 1 is 1.29 bits per heavy atom. The fourth-order valence-corrected chi connectivity index (χ4v) is 3.97. The van der Waals surface area contributed by atoms with Crippen molar-refractivity contribution in [2.45, 2.75) is 47.0 Å². The highest BCUT2D eigenvalue weighted by molar-refractivity contribution is 7.15. The summed E-state index contributed by atoms with van der Waals surface area (Å²) in [6, 6.07) is 10.4. The minimum Gasteiger partial charge on any atom is -0.375 e. The van der Waals surface area contributed by atoms with Crippen LogP contribution < -0.4 is 5.32 Å². The van der Waals surface area contributed by atoms with E-state index in [2.05, 4.69) is 48.9 Å². The van der Waals surface area contributed by atoms with Crippen molar-refractivity contribution in [1.29, 1.82) is 0 Å². The van der Waals surface area contributed by atoms with Crippen LogP contribution in [0.2, 0.25) is 0 Å². The van der Waals surface area contributed by atoms with Crippen LogP contribution in [0.15, 0.2) is 42.7 Å². The molecule has 0 aliphatic heterocycles. The van der Waals surface area contributed by atoms with E-state index in [1.807, 2.05) is 32.9 Å². The summed E-state index contributed by atoms with van der Waals surface area (Å²) in [6.07, 6.45) is 2.43. The molecule has 2 aromatic rings. The number of aryl methyl sites for hydroxylation is 1. The van der Waals surface area contributed by atoms with Crippen LogP contribution in [0.4, 0.5) is 0 Å². The molecule has 0 atom stereocenters. The molecule has 2 rings (SSSR count). The van der Waals surface area contributed by atoms with Crippen LogP contribution in [0.1, 0.15) is 50.1 Å². The van der Waals surface area contributed by atoms with Gasteiger partial charge in [-0.1, -0.05) is 51.8 Å². The molecule has 0 aliphatic carbocycles. The first-order chi connectivity index (χ1) is 13.5. The van der Waals surface area contributed by atoms with E-state index >= 15 is 0 Å². The maximum Gasteiger partial charge on any atom is 0.232 e. The highest BCUT2D eigenvalue weighted by Gasteiger charge is 2.17. The third kappa shape index (κ3) is 6.28. The SMILES string of the molecule is C=C(NC)N(C)C(=O)Cc1cc(-c2cccc(C#CC)c2)sc1CCC.CC. The molecule has 28 heavy (non-hydrogen) atoms. The Bertz CT molecular complexity index is 855. The molecule has 4 heteroatoms. The number of hydrogen-bond acceptors (Lipinski definition) is 3. The number of benzene rings is 1. The van der Waals surface area contributed by atoms with Gasteiger partial charge in [0, 0.05) is 29.4 Å². The number of amides is 1. The Morgan fingerprint density at radius 3 is 2.61 bits per heavy atom. The predicted octanol–water partition coefficient (Wildman–Crippen LogP) is 5.46. The van der Waals surface area contributed by atoms with Crippen molar-refractivity contribution in [2.24, 2.45) is 0 Å². The topological polar surface area (TPSA) is 32.3 Å². The molecule has 0 radical (unpaired) electrons. The number of nitrogens with one attached hydrogen (secondary N) is 1. The van der Waals surface area contributed by atoms with Crippen molar-refractivity contribution in [1.82, 2.24) is 10.2 Å². The summed E-state index contributed by atoms with van der Waals surface area (Å²) in [4.78, 5) is 16.6. The van der Waals surface area contributed by atoms with E-state index in [0.29, 0.717) is 12.2 Å². The van der Waals surface area contributed by atoms with Crippen LogP contribution in [-0.4, -0.2) is 24.9 Å². The van der Waals surface area contributed by atoms with Crippen LogP contribution in [-0.2, 0) is 17.6 Å². The number of rotatable bonds is 7. The second-order valence-corrected chi connectivity index (χ2v) is 7.23. The van der Waals surface area contributed by atoms with Crippen molar-refractivity contribution in [3.8, 4) is 22.3 Å². The zero-order chi connectivity index (χ0) is 21.1. The van der Waals surface area contributed by atoms with Gasteiger partial charge in [0.1, 0.15) is 5.82 Å². The molecule has 150 valence electrons. The second-order valence-electron chi connectivity index (χ2n) is 6.09. The van der Waals surface area contributed by atoms with Gasteiger partial charge in [0.15, 0.2) is 0 Å². The smallest absolute Gasteiger partial charge is 0.232 e. The van der Waals surface area contributed by atoms with Crippen LogP contribution in [0.5, 0.6) is 0 Å². The summed E-state index contributed by atoms with van der Waals surface area (Å²) in [5, 5.41) is 2.92. The number of thiophene rings is 1. The zero-order valence-corrected chi connectivity index (χ0v) is 18.8. The van der Waals surface area contributed by atoms with Gasteiger partial charge in [0.25, 0.3) is 0 Å². The summed E-state index contributed by atoms with van der Waals surface area (Å²) >= 11 is 1.77. The summed E-state index contributed by atoms with van der Waals surface area (Å²) in [6.45, 7) is 11.9. The summed E-state index contributed by atoms with van der Waals surface area (Å²) in [5.41, 5.74) is 3.27. The summed E-state index contributed by atoms with van der Waals surface area (Å²) < 4.78 is 0. The second kappa shape index (κ2) is 12.0. The fraction of sp³-hybridized carbons (Fsp3) is 0.375. The Labute approximate surface area is 174 Å². The zero-order valence-electron chi connectivity index (χ0n) is 18.0. The van der Waals surface area contributed by atoms with E-state index in [4.69, 9.17) is 0 Å². The molecule has 1 aromatic heterocycles. The largest absolute Gasteiger partial charge is 0.375 e. The molecule has 0 spiro atoms. The van der Waals surface area contributed by atoms with Gasteiger partial charge in [-0.15, -0.1) is 17.3 Å². The van der Waals surface area contributed by atoms with Gasteiger partial charge in [-0.25, -0.2) is 0 Å². The quantitative estimate of drug-likeness (QED) is 0.631. The van der Waals surface area contributed by atoms with Crippen molar-refractivity contribution < 1.29 is 4.79 Å². The average molecular weight is 397 g/mol. The molecule has 0 unspecified atom stereocenters. The standard InChI is InChI=1S/C22H26N2OS.C2H6/c1-6-9-17-11-8-12-18(13-17)21-14-19(20(26-21)10-7-2)15-22(25)24(5)16(3)23-4;1-2/h8,11-14,23H,3,7,10,15H2,1-2,4-5H3;1-2H3. The first-order valence-electron chi connectivity index (χ1n) is 9.78. The molecule has 1 aromatic carbocycles. The molecule has 1 heterocycles. The summed E-state index contributed by atoms with van der Waals surface area (Å²) in [7, 11) is 3.52. The van der Waals surface area contributed by atoms with Gasteiger partial charge in [0.05, 0.1) is 6.42 Å². The fourth-order valence-electron chi connectivity index (χ4n) is 2.69. The highest BCUT2D eigenvalue weighted by atomic mass is 32.1. The molecule has 0 saturated carbocycles. The monoisotopic (exact) mass is 396 g/mol. The first kappa shape index (κ1) is 23.5. The third-order valence-corrected chi connectivity index (χ3v) is 5.49. The Hall–Kier alpha value is -2.51. The molecule has 0 aliphatic rings. The molecule has 0 saturated heterocycles. The predicted molar refractivity (Wildman–Crippen MR) is 122 cm³/mol. The highest BCUT2D eigenvalue weighted by Crippen LogP contribution is 2.33. The maximum atomic E-state index is 12.6. The van der Waals surface area contributed by atoms with Crippen LogP contribution in [0, 0.1) is 11.8 Å². The van der Waals surface area contributed by atoms with Gasteiger partial charge in [-0.2, -0.15) is 0 Å². The molecule has 0 bridgehead atoms. The molecule has 1 amide bonds. The van der Waals surface area contributed by atoms with Crippen molar-refractivity contribution in [2.75, 3.05) is 14.1 Å². The van der Waals surface area contributed by atoms with Crippen LogP contribution in [0.3, 0.4) is 0 Å². The molecular weight excluding hydrogens is 364 g/mol. The average Bonchev–Trinajstić information content (AvgIpc) is 3.11. The number of likely N-dealkylation sites (N-methyl/N-ethyl adjacent to an activating group) is 1. The molecular formula is C24H32N2OS. The van der Waals surface area contributed by atoms with Gasteiger partial charge in [-0.3, -0.25) is 4.79 Å². The normalized spacial score (nSPS) is 9.50. The minimum atomic E-state index is 0.0386. The Kier molecular flexibility index (Phi) is 10.1. The molecule has 3 nitrogen and oxygen atoms in total. The Balaban J connectivity index is 0.00000190. The van der Waals surface area contributed by atoms with Gasteiger partial charge in [0.2, 0.25) is 5.91 Å². The molecule has 0 fully saturated rings. The van der Waals surface area contributed by atoms with E-state index in [1.165, 1.54) is 9.75 Å². The molecule has 1 N–H and O–H groups in total. The van der Waals surface area contributed by atoms with Gasteiger partial charge in [-0.05, 0) is 42.7 Å². The minimum absolute atomic E-state index is 0.0386. The van der Waals surface area contributed by atoms with Crippen molar-refractivity contribution >= 4 is 17.2 Å². The maximum absolute atomic E-state index is 12.6.